The van der Waals surface area contributed by atoms with Gasteiger partial charge in [-0.15, -0.1) is 0 Å². The van der Waals surface area contributed by atoms with Crippen LogP contribution in [0.5, 0.6) is 0 Å². The van der Waals surface area contributed by atoms with Crippen LogP contribution in [0.15, 0.2) is 18.2 Å². The number of rotatable bonds is 3. The van der Waals surface area contributed by atoms with Crippen LogP contribution in [0, 0.1) is 25.2 Å². The summed E-state index contributed by atoms with van der Waals surface area (Å²) in [6, 6.07) is 7.38. The average molecular weight is 261 g/mol. The van der Waals surface area contributed by atoms with E-state index in [1.54, 1.807) is 12.1 Å². The molecule has 0 saturated carbocycles. The lowest BCUT2D eigenvalue weighted by molar-refractivity contribution is 1.02. The maximum atomic E-state index is 8.91. The second-order valence-electron chi connectivity index (χ2n) is 4.07. The van der Waals surface area contributed by atoms with E-state index in [2.05, 4.69) is 21.6 Å². The van der Waals surface area contributed by atoms with Crippen molar-refractivity contribution in [1.82, 2.24) is 10.2 Å². The molecule has 1 aromatic carbocycles. The van der Waals surface area contributed by atoms with Crippen LogP contribution in [-0.2, 0) is 6.54 Å². The van der Waals surface area contributed by atoms with Crippen LogP contribution in [0.2, 0.25) is 5.02 Å². The molecule has 0 amide bonds. The summed E-state index contributed by atoms with van der Waals surface area (Å²) in [6.07, 6.45) is 0. The highest BCUT2D eigenvalue weighted by molar-refractivity contribution is 6.31. The molecule has 1 heterocycles. The second kappa shape index (κ2) is 5.11. The van der Waals surface area contributed by atoms with Crippen molar-refractivity contribution in [1.29, 1.82) is 5.26 Å². The van der Waals surface area contributed by atoms with Crippen LogP contribution in [0.25, 0.3) is 0 Å². The Bertz CT molecular complexity index is 590. The number of nitrogens with one attached hydrogen (secondary N) is 2. The van der Waals surface area contributed by atoms with Gasteiger partial charge in [-0.05, 0) is 32.0 Å². The first-order chi connectivity index (χ1) is 8.61. The first-order valence-electron chi connectivity index (χ1n) is 5.55. The van der Waals surface area contributed by atoms with Crippen LogP contribution in [0.4, 0.5) is 5.69 Å². The summed E-state index contributed by atoms with van der Waals surface area (Å²) in [7, 11) is 0. The summed E-state index contributed by atoms with van der Waals surface area (Å²) in [4.78, 5) is 0. The van der Waals surface area contributed by atoms with Gasteiger partial charge >= 0.3 is 0 Å². The molecule has 0 aliphatic heterocycles. The molecular weight excluding hydrogens is 248 g/mol. The number of benzene rings is 1. The number of nitriles is 1. The summed E-state index contributed by atoms with van der Waals surface area (Å²) in [6.45, 7) is 4.61. The predicted molar refractivity (Wildman–Crippen MR) is 71.6 cm³/mol. The summed E-state index contributed by atoms with van der Waals surface area (Å²) in [5.74, 6) is 0. The number of aryl methyl sites for hydroxylation is 2. The Hall–Kier alpha value is -1.99. The fraction of sp³-hybridized carbons (Fsp3) is 0.231. The van der Waals surface area contributed by atoms with Crippen molar-refractivity contribution < 1.29 is 0 Å². The third-order valence-corrected chi connectivity index (χ3v) is 3.17. The van der Waals surface area contributed by atoms with Crippen LogP contribution in [0.1, 0.15) is 22.5 Å². The molecule has 0 atom stereocenters. The molecule has 2 rings (SSSR count). The van der Waals surface area contributed by atoms with Crippen LogP contribution in [-0.4, -0.2) is 10.2 Å². The third kappa shape index (κ3) is 2.47. The van der Waals surface area contributed by atoms with E-state index in [0.717, 1.165) is 22.6 Å². The standard InChI is InChI=1S/C13H13ClN4/c1-8-12(9(2)18-17-8)7-16-11-3-4-13(14)10(5-11)6-15/h3-5,16H,7H2,1-2H3,(H,17,18). The lowest BCUT2D eigenvalue weighted by atomic mass is 10.2. The van der Waals surface area contributed by atoms with Crippen LogP contribution >= 0.6 is 11.6 Å². The Kier molecular flexibility index (Phi) is 3.54. The van der Waals surface area contributed by atoms with Gasteiger partial charge in [-0.1, -0.05) is 11.6 Å². The summed E-state index contributed by atoms with van der Waals surface area (Å²) < 4.78 is 0. The minimum Gasteiger partial charge on any atom is -0.381 e. The minimum atomic E-state index is 0.471. The molecule has 1 aromatic heterocycles. The van der Waals surface area contributed by atoms with Crippen molar-refractivity contribution in [2.45, 2.75) is 20.4 Å². The zero-order valence-electron chi connectivity index (χ0n) is 10.2. The van der Waals surface area contributed by atoms with Gasteiger partial charge in [-0.25, -0.2) is 0 Å². The monoisotopic (exact) mass is 260 g/mol. The predicted octanol–water partition coefficient (Wildman–Crippen LogP) is 3.16. The molecule has 0 aliphatic rings. The van der Waals surface area contributed by atoms with E-state index in [1.807, 2.05) is 19.9 Å². The van der Waals surface area contributed by atoms with Gasteiger partial charge in [0.25, 0.3) is 0 Å². The van der Waals surface area contributed by atoms with Crippen molar-refractivity contribution in [2.75, 3.05) is 5.32 Å². The molecule has 0 spiro atoms. The molecule has 0 fully saturated rings. The lowest BCUT2D eigenvalue weighted by Gasteiger charge is -2.07. The number of halogens is 1. The lowest BCUT2D eigenvalue weighted by Crippen LogP contribution is -2.01. The Morgan fingerprint density at radius 3 is 2.83 bits per heavy atom. The van der Waals surface area contributed by atoms with Crippen molar-refractivity contribution in [3.8, 4) is 6.07 Å². The molecule has 92 valence electrons. The van der Waals surface area contributed by atoms with Crippen molar-refractivity contribution in [3.05, 3.63) is 45.7 Å². The van der Waals surface area contributed by atoms with E-state index in [0.29, 0.717) is 17.1 Å². The first-order valence-corrected chi connectivity index (χ1v) is 5.93. The average Bonchev–Trinajstić information content (AvgIpc) is 2.68. The van der Waals surface area contributed by atoms with Crippen molar-refractivity contribution in [3.63, 3.8) is 0 Å². The van der Waals surface area contributed by atoms with Gasteiger partial charge in [0.2, 0.25) is 0 Å². The summed E-state index contributed by atoms with van der Waals surface area (Å²) in [5.41, 5.74) is 4.52. The number of H-pyrrole nitrogens is 1. The first kappa shape index (κ1) is 12.5. The Morgan fingerprint density at radius 1 is 1.44 bits per heavy atom. The Morgan fingerprint density at radius 2 is 2.22 bits per heavy atom. The number of anilines is 1. The molecule has 0 aliphatic carbocycles. The van der Waals surface area contributed by atoms with Gasteiger partial charge in [-0.3, -0.25) is 5.10 Å². The van der Waals surface area contributed by atoms with Crippen molar-refractivity contribution in [2.24, 2.45) is 0 Å². The van der Waals surface area contributed by atoms with E-state index < -0.39 is 0 Å². The van der Waals surface area contributed by atoms with E-state index in [1.165, 1.54) is 0 Å². The van der Waals surface area contributed by atoms with Gasteiger partial charge in [0.1, 0.15) is 6.07 Å². The SMILES string of the molecule is Cc1n[nH]c(C)c1CNc1ccc(Cl)c(C#N)c1. The van der Waals surface area contributed by atoms with E-state index in [-0.39, 0.29) is 0 Å². The molecule has 0 radical (unpaired) electrons. The maximum Gasteiger partial charge on any atom is 0.101 e. The van der Waals surface area contributed by atoms with Gasteiger partial charge in [0.15, 0.2) is 0 Å². The summed E-state index contributed by atoms with van der Waals surface area (Å²) in [5, 5.41) is 19.7. The van der Waals surface area contributed by atoms with Crippen LogP contribution < -0.4 is 5.32 Å². The number of hydrogen-bond donors (Lipinski definition) is 2. The third-order valence-electron chi connectivity index (χ3n) is 2.84. The molecule has 4 nitrogen and oxygen atoms in total. The minimum absolute atomic E-state index is 0.471. The molecule has 2 aromatic rings. The smallest absolute Gasteiger partial charge is 0.101 e. The molecule has 5 heteroatoms. The summed E-state index contributed by atoms with van der Waals surface area (Å²) >= 11 is 5.88. The largest absolute Gasteiger partial charge is 0.381 e. The van der Waals surface area contributed by atoms with Crippen LogP contribution in [0.3, 0.4) is 0 Å². The highest BCUT2D eigenvalue weighted by Crippen LogP contribution is 2.20. The van der Waals surface area contributed by atoms with E-state index >= 15 is 0 Å². The quantitative estimate of drug-likeness (QED) is 0.891. The second-order valence-corrected chi connectivity index (χ2v) is 4.48. The Balaban J connectivity index is 2.14. The number of aromatic nitrogens is 2. The van der Waals surface area contributed by atoms with E-state index in [4.69, 9.17) is 16.9 Å². The molecule has 2 N–H and O–H groups in total. The Labute approximate surface area is 111 Å². The molecule has 0 unspecified atom stereocenters. The zero-order chi connectivity index (χ0) is 13.1. The van der Waals surface area contributed by atoms with Gasteiger partial charge in [0, 0.05) is 23.5 Å². The molecule has 18 heavy (non-hydrogen) atoms. The topological polar surface area (TPSA) is 64.5 Å². The number of nitrogens with zero attached hydrogens (tertiary/aromatic N) is 2. The number of hydrogen-bond acceptors (Lipinski definition) is 3. The van der Waals surface area contributed by atoms with E-state index in [9.17, 15) is 0 Å². The molecule has 0 bridgehead atoms. The van der Waals surface area contributed by atoms with Gasteiger partial charge in [0.05, 0.1) is 16.3 Å². The zero-order valence-corrected chi connectivity index (χ0v) is 11.0. The van der Waals surface area contributed by atoms with Gasteiger partial charge < -0.3 is 5.32 Å². The molecular formula is C13H13ClN4. The maximum absolute atomic E-state index is 8.91. The highest BCUT2D eigenvalue weighted by atomic mass is 35.5. The van der Waals surface area contributed by atoms with Gasteiger partial charge in [-0.2, -0.15) is 10.4 Å². The number of aromatic amines is 1. The fourth-order valence-electron chi connectivity index (χ4n) is 1.75. The molecule has 0 saturated heterocycles. The normalized spacial score (nSPS) is 10.1. The van der Waals surface area contributed by atoms with Crippen molar-refractivity contribution >= 4 is 17.3 Å². The fourth-order valence-corrected chi connectivity index (χ4v) is 1.91. The highest BCUT2D eigenvalue weighted by Gasteiger charge is 2.06.